The maximum absolute atomic E-state index is 11.3. The second-order valence-corrected chi connectivity index (χ2v) is 5.88. The summed E-state index contributed by atoms with van der Waals surface area (Å²) in [6, 6.07) is 5.40. The number of hydrogen-bond acceptors (Lipinski definition) is 5. The molecule has 2 atom stereocenters. The number of rotatable bonds is 2. The molecule has 2 aromatic rings. The number of aromatic nitrogens is 2. The van der Waals surface area contributed by atoms with Gasteiger partial charge in [-0.05, 0) is 26.0 Å². The molecule has 1 N–H and O–H groups in total. The van der Waals surface area contributed by atoms with Gasteiger partial charge < -0.3 is 14.7 Å². The fraction of sp³-hybridized carbons (Fsp3) is 0.438. The maximum atomic E-state index is 11.3. The molecule has 0 bridgehead atoms. The summed E-state index contributed by atoms with van der Waals surface area (Å²) >= 11 is 0. The third-order valence-electron chi connectivity index (χ3n) is 4.20. The number of anilines is 1. The summed E-state index contributed by atoms with van der Waals surface area (Å²) < 4.78 is 5.19. The molecule has 1 aromatic heterocycles. The lowest BCUT2D eigenvalue weighted by Gasteiger charge is -2.43. The lowest BCUT2D eigenvalue weighted by atomic mass is 10.1. The summed E-state index contributed by atoms with van der Waals surface area (Å²) in [5.41, 5.74) is 1.57. The van der Waals surface area contributed by atoms with Gasteiger partial charge in [-0.15, -0.1) is 0 Å². The molecular weight excluding hydrogens is 296 g/mol. The molecular formula is C16H20N4O3. The van der Waals surface area contributed by atoms with Crippen molar-refractivity contribution in [2.45, 2.75) is 25.9 Å². The van der Waals surface area contributed by atoms with Gasteiger partial charge in [0.1, 0.15) is 11.6 Å². The first-order valence-electron chi connectivity index (χ1n) is 7.56. The van der Waals surface area contributed by atoms with E-state index >= 15 is 0 Å². The van der Waals surface area contributed by atoms with Crippen molar-refractivity contribution < 1.29 is 14.6 Å². The van der Waals surface area contributed by atoms with Gasteiger partial charge in [-0.1, -0.05) is 0 Å². The van der Waals surface area contributed by atoms with Crippen LogP contribution in [-0.2, 0) is 0 Å². The van der Waals surface area contributed by atoms with Gasteiger partial charge in [0.15, 0.2) is 0 Å². The number of hydrogen-bond donors (Lipinski definition) is 1. The van der Waals surface area contributed by atoms with Crippen molar-refractivity contribution >= 4 is 22.9 Å². The highest BCUT2D eigenvalue weighted by molar-refractivity contribution is 5.77. The van der Waals surface area contributed by atoms with E-state index in [1.54, 1.807) is 13.3 Å². The van der Waals surface area contributed by atoms with Crippen molar-refractivity contribution in [2.75, 3.05) is 25.1 Å². The van der Waals surface area contributed by atoms with Gasteiger partial charge in [-0.25, -0.2) is 9.78 Å². The largest absolute Gasteiger partial charge is 0.497 e. The Bertz CT molecular complexity index is 724. The van der Waals surface area contributed by atoms with E-state index < -0.39 is 6.09 Å². The second-order valence-electron chi connectivity index (χ2n) is 5.88. The van der Waals surface area contributed by atoms with E-state index in [0.717, 1.165) is 22.6 Å². The monoisotopic (exact) mass is 316 g/mol. The molecule has 0 spiro atoms. The highest BCUT2D eigenvalue weighted by Crippen LogP contribution is 2.24. The van der Waals surface area contributed by atoms with Gasteiger partial charge in [0.05, 0.1) is 36.4 Å². The van der Waals surface area contributed by atoms with Crippen LogP contribution >= 0.6 is 0 Å². The van der Waals surface area contributed by atoms with E-state index in [4.69, 9.17) is 4.74 Å². The first kappa shape index (κ1) is 15.3. The van der Waals surface area contributed by atoms with Crippen molar-refractivity contribution in [3.05, 3.63) is 24.4 Å². The van der Waals surface area contributed by atoms with Gasteiger partial charge in [0, 0.05) is 19.2 Å². The Morgan fingerprint density at radius 2 is 1.96 bits per heavy atom. The molecule has 1 aliphatic heterocycles. The van der Waals surface area contributed by atoms with Crippen molar-refractivity contribution in [3.8, 4) is 5.75 Å². The summed E-state index contributed by atoms with van der Waals surface area (Å²) in [7, 11) is 1.62. The summed E-state index contributed by atoms with van der Waals surface area (Å²) in [5.74, 6) is 1.52. The molecule has 3 rings (SSSR count). The molecule has 7 nitrogen and oxygen atoms in total. The van der Waals surface area contributed by atoms with Crippen molar-refractivity contribution in [1.29, 1.82) is 0 Å². The van der Waals surface area contributed by atoms with E-state index in [9.17, 15) is 9.90 Å². The average Bonchev–Trinajstić information content (AvgIpc) is 2.52. The van der Waals surface area contributed by atoms with Crippen molar-refractivity contribution in [2.24, 2.45) is 0 Å². The Kier molecular flexibility index (Phi) is 3.94. The molecule has 1 fully saturated rings. The zero-order valence-corrected chi connectivity index (χ0v) is 13.4. The number of carbonyl (C=O) groups is 1. The minimum absolute atomic E-state index is 0.0929. The van der Waals surface area contributed by atoms with Crippen LogP contribution in [0.3, 0.4) is 0 Å². The number of carboxylic acid groups (broad SMARTS) is 1. The molecule has 0 aliphatic carbocycles. The molecule has 1 aliphatic rings. The van der Waals surface area contributed by atoms with Gasteiger partial charge in [0.2, 0.25) is 0 Å². The summed E-state index contributed by atoms with van der Waals surface area (Å²) in [5, 5.41) is 9.29. The van der Waals surface area contributed by atoms with Gasteiger partial charge in [-0.3, -0.25) is 9.88 Å². The minimum Gasteiger partial charge on any atom is -0.497 e. The predicted octanol–water partition coefficient (Wildman–Crippen LogP) is 2.22. The Hall–Kier alpha value is -2.57. The molecule has 2 heterocycles. The molecule has 7 heteroatoms. The van der Waals surface area contributed by atoms with Crippen LogP contribution in [0.2, 0.25) is 0 Å². The molecule has 1 aromatic carbocycles. The van der Waals surface area contributed by atoms with E-state index in [2.05, 4.69) is 14.9 Å². The first-order chi connectivity index (χ1) is 11.0. The standard InChI is InChI=1S/C16H20N4O3/c1-10-8-19(9-11(2)20(10)16(21)22)15-7-17-14-6-12(23-3)4-5-13(14)18-15/h4-7,10-11H,8-9H2,1-3H3,(H,21,22)/t10-,11+. The van der Waals surface area contributed by atoms with Gasteiger partial charge in [-0.2, -0.15) is 0 Å². The summed E-state index contributed by atoms with van der Waals surface area (Å²) in [4.78, 5) is 24.0. The smallest absolute Gasteiger partial charge is 0.407 e. The van der Waals surface area contributed by atoms with Crippen molar-refractivity contribution in [1.82, 2.24) is 14.9 Å². The van der Waals surface area contributed by atoms with Crippen LogP contribution in [0.15, 0.2) is 24.4 Å². The number of benzene rings is 1. The van der Waals surface area contributed by atoms with E-state index in [0.29, 0.717) is 13.1 Å². The van der Waals surface area contributed by atoms with Gasteiger partial charge >= 0.3 is 6.09 Å². The zero-order valence-electron chi connectivity index (χ0n) is 13.4. The molecule has 0 unspecified atom stereocenters. The molecule has 0 radical (unpaired) electrons. The Morgan fingerprint density at radius 3 is 2.57 bits per heavy atom. The minimum atomic E-state index is -0.874. The lowest BCUT2D eigenvalue weighted by molar-refractivity contribution is 0.0981. The number of ether oxygens (including phenoxy) is 1. The van der Waals surface area contributed by atoms with Crippen LogP contribution in [0.5, 0.6) is 5.75 Å². The third kappa shape index (κ3) is 2.86. The topological polar surface area (TPSA) is 78.8 Å². The number of piperazine rings is 1. The van der Waals surface area contributed by atoms with Crippen LogP contribution in [0.25, 0.3) is 11.0 Å². The molecule has 1 amide bonds. The highest BCUT2D eigenvalue weighted by Gasteiger charge is 2.33. The van der Waals surface area contributed by atoms with Crippen LogP contribution in [0.4, 0.5) is 10.6 Å². The number of nitrogens with zero attached hydrogens (tertiary/aromatic N) is 4. The van der Waals surface area contributed by atoms with Gasteiger partial charge in [0.25, 0.3) is 0 Å². The third-order valence-corrected chi connectivity index (χ3v) is 4.20. The van der Waals surface area contributed by atoms with Crippen LogP contribution in [0.1, 0.15) is 13.8 Å². The number of amides is 1. The SMILES string of the molecule is COc1ccc2nc(N3C[C@@H](C)N(C(=O)O)[C@@H](C)C3)cnc2c1. The van der Waals surface area contributed by atoms with E-state index in [1.807, 2.05) is 32.0 Å². The Labute approximate surface area is 134 Å². The lowest BCUT2D eigenvalue weighted by Crippen LogP contribution is -2.58. The highest BCUT2D eigenvalue weighted by atomic mass is 16.5. The molecule has 0 saturated carbocycles. The Balaban J connectivity index is 1.87. The molecule has 23 heavy (non-hydrogen) atoms. The number of methoxy groups -OCH3 is 1. The Morgan fingerprint density at radius 1 is 1.26 bits per heavy atom. The molecule has 122 valence electrons. The first-order valence-corrected chi connectivity index (χ1v) is 7.56. The fourth-order valence-electron chi connectivity index (χ4n) is 3.15. The van der Waals surface area contributed by atoms with E-state index in [-0.39, 0.29) is 12.1 Å². The maximum Gasteiger partial charge on any atom is 0.407 e. The predicted molar refractivity (Wildman–Crippen MR) is 87.1 cm³/mol. The number of fused-ring (bicyclic) bond motifs is 1. The van der Waals surface area contributed by atoms with Crippen LogP contribution in [0, 0.1) is 0 Å². The average molecular weight is 316 g/mol. The quantitative estimate of drug-likeness (QED) is 0.915. The zero-order chi connectivity index (χ0) is 16.6. The van der Waals surface area contributed by atoms with Crippen molar-refractivity contribution in [3.63, 3.8) is 0 Å². The normalized spacial score (nSPS) is 21.5. The summed E-state index contributed by atoms with van der Waals surface area (Å²) in [6.07, 6.45) is 0.860. The van der Waals surface area contributed by atoms with Crippen LogP contribution in [-0.4, -0.2) is 58.4 Å². The second kappa shape index (κ2) is 5.91. The van der Waals surface area contributed by atoms with Crippen LogP contribution < -0.4 is 9.64 Å². The fourth-order valence-corrected chi connectivity index (χ4v) is 3.15. The summed E-state index contributed by atoms with van der Waals surface area (Å²) in [6.45, 7) is 5.03. The molecule has 1 saturated heterocycles. The van der Waals surface area contributed by atoms with E-state index in [1.165, 1.54) is 4.90 Å².